The Morgan fingerprint density at radius 1 is 1.22 bits per heavy atom. The van der Waals surface area contributed by atoms with Crippen LogP contribution in [0.25, 0.3) is 10.8 Å². The number of hydrogen-bond donors (Lipinski definition) is 0. The van der Waals surface area contributed by atoms with E-state index in [0.717, 1.165) is 21.9 Å². The highest BCUT2D eigenvalue weighted by Crippen LogP contribution is 2.27. The monoisotopic (exact) mass is 455 g/mol. The standard InChI is InChI=1S/C20H17N5O6S/c1-2-7-23(10-16-21-22-18(31-16)15-4-3-8-32-15)17(26)11-24-19(27)13-6-5-12(25(29)30)9-14(13)20(24)28/h3-6,8-9H,2,7,10-11H2,1H3. The molecular formula is C20H17N5O6S. The summed E-state index contributed by atoms with van der Waals surface area (Å²) in [4.78, 5) is 51.6. The topological polar surface area (TPSA) is 140 Å². The first-order chi connectivity index (χ1) is 15.4. The lowest BCUT2D eigenvalue weighted by atomic mass is 10.1. The van der Waals surface area contributed by atoms with Gasteiger partial charge in [-0.3, -0.25) is 29.4 Å². The minimum atomic E-state index is -0.740. The third-order valence-corrected chi connectivity index (χ3v) is 5.69. The van der Waals surface area contributed by atoms with Gasteiger partial charge in [0.15, 0.2) is 0 Å². The van der Waals surface area contributed by atoms with Crippen molar-refractivity contribution in [1.82, 2.24) is 20.0 Å². The van der Waals surface area contributed by atoms with Crippen molar-refractivity contribution in [2.75, 3.05) is 13.1 Å². The summed E-state index contributed by atoms with van der Waals surface area (Å²) in [5.74, 6) is -1.31. The minimum Gasteiger partial charge on any atom is -0.418 e. The number of benzene rings is 1. The van der Waals surface area contributed by atoms with Crippen LogP contribution < -0.4 is 0 Å². The molecule has 1 aromatic carbocycles. The first-order valence-corrected chi connectivity index (χ1v) is 10.6. The molecule has 0 saturated carbocycles. The van der Waals surface area contributed by atoms with E-state index in [1.165, 1.54) is 22.3 Å². The van der Waals surface area contributed by atoms with Gasteiger partial charge in [0.05, 0.1) is 27.5 Å². The van der Waals surface area contributed by atoms with Crippen LogP contribution in [0, 0.1) is 10.1 Å². The van der Waals surface area contributed by atoms with E-state index in [-0.39, 0.29) is 29.2 Å². The Balaban J connectivity index is 1.49. The van der Waals surface area contributed by atoms with Gasteiger partial charge in [0.2, 0.25) is 11.8 Å². The first kappa shape index (κ1) is 21.3. The fraction of sp³-hybridized carbons (Fsp3) is 0.250. The van der Waals surface area contributed by atoms with Crippen molar-refractivity contribution < 1.29 is 23.7 Å². The maximum atomic E-state index is 12.9. The third kappa shape index (κ3) is 3.99. The molecule has 0 radical (unpaired) electrons. The molecule has 0 fully saturated rings. The molecule has 3 aromatic rings. The number of aromatic nitrogens is 2. The summed E-state index contributed by atoms with van der Waals surface area (Å²) in [6.07, 6.45) is 0.631. The van der Waals surface area contributed by atoms with Crippen molar-refractivity contribution in [2.24, 2.45) is 0 Å². The van der Waals surface area contributed by atoms with Crippen LogP contribution in [0.4, 0.5) is 5.69 Å². The van der Waals surface area contributed by atoms with Crippen molar-refractivity contribution in [3.8, 4) is 10.8 Å². The van der Waals surface area contributed by atoms with Crippen molar-refractivity contribution in [2.45, 2.75) is 19.9 Å². The predicted octanol–water partition coefficient (Wildman–Crippen LogP) is 2.74. The van der Waals surface area contributed by atoms with Gasteiger partial charge in [0.25, 0.3) is 23.4 Å². The van der Waals surface area contributed by atoms with E-state index in [9.17, 15) is 24.5 Å². The van der Waals surface area contributed by atoms with Gasteiger partial charge in [0, 0.05) is 18.7 Å². The zero-order valence-corrected chi connectivity index (χ0v) is 17.7. The van der Waals surface area contributed by atoms with Crippen molar-refractivity contribution in [1.29, 1.82) is 0 Å². The highest BCUT2D eigenvalue weighted by molar-refractivity contribution is 7.13. The van der Waals surface area contributed by atoms with E-state index in [0.29, 0.717) is 18.9 Å². The quantitative estimate of drug-likeness (QED) is 0.287. The average molecular weight is 455 g/mol. The molecule has 164 valence electrons. The van der Waals surface area contributed by atoms with Crippen LogP contribution in [-0.4, -0.2) is 55.7 Å². The third-order valence-electron chi connectivity index (χ3n) is 4.83. The number of fused-ring (bicyclic) bond motifs is 1. The van der Waals surface area contributed by atoms with Gasteiger partial charge >= 0.3 is 0 Å². The number of imide groups is 1. The zero-order chi connectivity index (χ0) is 22.8. The molecular weight excluding hydrogens is 438 g/mol. The van der Waals surface area contributed by atoms with Crippen LogP contribution in [-0.2, 0) is 11.3 Å². The largest absolute Gasteiger partial charge is 0.418 e. The second-order valence-corrected chi connectivity index (χ2v) is 7.92. The van der Waals surface area contributed by atoms with E-state index in [1.54, 1.807) is 0 Å². The maximum absolute atomic E-state index is 12.9. The molecule has 3 amide bonds. The summed E-state index contributed by atoms with van der Waals surface area (Å²) in [6, 6.07) is 7.12. The van der Waals surface area contributed by atoms with E-state index in [1.807, 2.05) is 24.4 Å². The number of thiophene rings is 1. The van der Waals surface area contributed by atoms with Crippen LogP contribution >= 0.6 is 11.3 Å². The molecule has 4 rings (SSSR count). The van der Waals surface area contributed by atoms with Crippen molar-refractivity contribution in [3.63, 3.8) is 0 Å². The molecule has 3 heterocycles. The number of non-ortho nitro benzene ring substituents is 1. The van der Waals surface area contributed by atoms with Crippen LogP contribution in [0.5, 0.6) is 0 Å². The molecule has 0 spiro atoms. The Hall–Kier alpha value is -3.93. The van der Waals surface area contributed by atoms with Gasteiger partial charge in [0.1, 0.15) is 6.54 Å². The lowest BCUT2D eigenvalue weighted by Crippen LogP contribution is -2.42. The lowest BCUT2D eigenvalue weighted by molar-refractivity contribution is -0.384. The van der Waals surface area contributed by atoms with Gasteiger partial charge in [-0.1, -0.05) is 13.0 Å². The van der Waals surface area contributed by atoms with Gasteiger partial charge in [-0.2, -0.15) is 0 Å². The molecule has 12 heteroatoms. The molecule has 0 atom stereocenters. The van der Waals surface area contributed by atoms with Crippen molar-refractivity contribution >= 4 is 34.7 Å². The average Bonchev–Trinajstić information content (AvgIpc) is 3.51. The van der Waals surface area contributed by atoms with E-state index < -0.39 is 29.2 Å². The minimum absolute atomic E-state index is 0.0275. The molecule has 0 unspecified atom stereocenters. The molecule has 0 bridgehead atoms. The Bertz CT molecular complexity index is 1210. The molecule has 1 aliphatic rings. The second-order valence-electron chi connectivity index (χ2n) is 6.98. The number of carbonyl (C=O) groups excluding carboxylic acids is 3. The number of nitrogens with zero attached hydrogens (tertiary/aromatic N) is 5. The molecule has 0 N–H and O–H groups in total. The number of carbonyl (C=O) groups is 3. The van der Waals surface area contributed by atoms with Crippen molar-refractivity contribution in [3.05, 3.63) is 62.8 Å². The van der Waals surface area contributed by atoms with Crippen LogP contribution in [0.3, 0.4) is 0 Å². The molecule has 2 aromatic heterocycles. The summed E-state index contributed by atoms with van der Waals surface area (Å²) in [5, 5.41) is 20.8. The summed E-state index contributed by atoms with van der Waals surface area (Å²) < 4.78 is 5.64. The smallest absolute Gasteiger partial charge is 0.270 e. The van der Waals surface area contributed by atoms with E-state index >= 15 is 0 Å². The van der Waals surface area contributed by atoms with Gasteiger partial charge in [-0.15, -0.1) is 21.5 Å². The highest BCUT2D eigenvalue weighted by atomic mass is 32.1. The number of amides is 3. The number of nitro benzene ring substituents is 1. The Morgan fingerprint density at radius 2 is 2.00 bits per heavy atom. The van der Waals surface area contributed by atoms with Crippen LogP contribution in [0.15, 0.2) is 40.1 Å². The molecule has 0 aliphatic carbocycles. The zero-order valence-electron chi connectivity index (χ0n) is 16.9. The lowest BCUT2D eigenvalue weighted by Gasteiger charge is -2.23. The van der Waals surface area contributed by atoms with Gasteiger partial charge < -0.3 is 9.32 Å². The number of hydrogen-bond acceptors (Lipinski definition) is 9. The fourth-order valence-corrected chi connectivity index (χ4v) is 3.96. The maximum Gasteiger partial charge on any atom is 0.270 e. The normalized spacial score (nSPS) is 12.8. The van der Waals surface area contributed by atoms with Crippen LogP contribution in [0.1, 0.15) is 40.0 Å². The number of nitro groups is 1. The van der Waals surface area contributed by atoms with Gasteiger partial charge in [-0.05, 0) is 23.9 Å². The van der Waals surface area contributed by atoms with E-state index in [2.05, 4.69) is 10.2 Å². The summed E-state index contributed by atoms with van der Waals surface area (Å²) >= 11 is 1.44. The highest BCUT2D eigenvalue weighted by Gasteiger charge is 2.38. The van der Waals surface area contributed by atoms with E-state index in [4.69, 9.17) is 4.42 Å². The molecule has 11 nitrogen and oxygen atoms in total. The van der Waals surface area contributed by atoms with Crippen LogP contribution in [0.2, 0.25) is 0 Å². The fourth-order valence-electron chi connectivity index (χ4n) is 3.31. The molecule has 1 aliphatic heterocycles. The molecule has 32 heavy (non-hydrogen) atoms. The SMILES string of the molecule is CCCN(Cc1nnc(-c2cccs2)o1)C(=O)CN1C(=O)c2ccc([N+](=O)[O-])cc2C1=O. The first-order valence-electron chi connectivity index (χ1n) is 9.67. The molecule has 0 saturated heterocycles. The summed E-state index contributed by atoms with van der Waals surface area (Å²) in [7, 11) is 0. The second kappa shape index (κ2) is 8.67. The number of rotatable bonds is 8. The Morgan fingerprint density at radius 3 is 2.69 bits per heavy atom. The predicted molar refractivity (Wildman–Crippen MR) is 112 cm³/mol. The Kier molecular flexibility index (Phi) is 5.77. The van der Waals surface area contributed by atoms with Gasteiger partial charge in [-0.25, -0.2) is 0 Å². The summed E-state index contributed by atoms with van der Waals surface area (Å²) in [6.45, 7) is 1.77. The Labute approximate surface area is 185 Å². The summed E-state index contributed by atoms with van der Waals surface area (Å²) in [5.41, 5.74) is -0.354.